The fourth-order valence-electron chi connectivity index (χ4n) is 7.42. The summed E-state index contributed by atoms with van der Waals surface area (Å²) in [5.74, 6) is -0.940. The fourth-order valence-corrected chi connectivity index (χ4v) is 7.42. The van der Waals surface area contributed by atoms with Crippen molar-refractivity contribution in [3.05, 3.63) is 24.3 Å². The van der Waals surface area contributed by atoms with Crippen LogP contribution in [0.5, 0.6) is 0 Å². The summed E-state index contributed by atoms with van der Waals surface area (Å²) in [6.45, 7) is 2.53. The SMILES string of the molecule is CCCCCC/C=C\C/C=C\CCCCCCCC(=O)OC(COC(=O)CCCCCCCCCCCC)COC1OC(COC2OC(CO)C(O)C(O)C2O)C(O)C(O)C1O. The molecule has 0 saturated carbocycles. The van der Waals surface area contributed by atoms with Crippen molar-refractivity contribution >= 4 is 11.9 Å². The predicted molar refractivity (Wildman–Crippen MR) is 234 cm³/mol. The lowest BCUT2D eigenvalue weighted by Gasteiger charge is -2.42. The van der Waals surface area contributed by atoms with Crippen LogP contribution in [0.4, 0.5) is 0 Å². The molecule has 11 atom stereocenters. The minimum atomic E-state index is -1.76. The van der Waals surface area contributed by atoms with E-state index >= 15 is 0 Å². The smallest absolute Gasteiger partial charge is 0.306 e. The molecule has 15 heteroatoms. The van der Waals surface area contributed by atoms with Crippen molar-refractivity contribution in [1.82, 2.24) is 0 Å². The van der Waals surface area contributed by atoms with Crippen molar-refractivity contribution in [3.8, 4) is 0 Å². The van der Waals surface area contributed by atoms with Gasteiger partial charge in [-0.2, -0.15) is 0 Å². The maximum absolute atomic E-state index is 12.9. The van der Waals surface area contributed by atoms with E-state index in [-0.39, 0.29) is 26.1 Å². The van der Waals surface area contributed by atoms with Gasteiger partial charge in [-0.25, -0.2) is 0 Å². The van der Waals surface area contributed by atoms with E-state index in [9.17, 15) is 45.3 Å². The Bertz CT molecular complexity index is 1180. The summed E-state index contributed by atoms with van der Waals surface area (Å²) in [6, 6.07) is 0. The fraction of sp³-hybridized carbons (Fsp3) is 0.872. The highest BCUT2D eigenvalue weighted by molar-refractivity contribution is 5.70. The summed E-state index contributed by atoms with van der Waals surface area (Å²) in [5, 5.41) is 71.9. The third-order valence-corrected chi connectivity index (χ3v) is 11.4. The van der Waals surface area contributed by atoms with Gasteiger partial charge in [0.05, 0.1) is 19.8 Å². The van der Waals surface area contributed by atoms with Crippen LogP contribution in [0.2, 0.25) is 0 Å². The van der Waals surface area contributed by atoms with Crippen LogP contribution in [0.15, 0.2) is 24.3 Å². The lowest BCUT2D eigenvalue weighted by molar-refractivity contribution is -0.332. The summed E-state index contributed by atoms with van der Waals surface area (Å²) < 4.78 is 33.5. The van der Waals surface area contributed by atoms with Crippen LogP contribution >= 0.6 is 0 Å². The van der Waals surface area contributed by atoms with Gasteiger partial charge in [-0.3, -0.25) is 9.59 Å². The van der Waals surface area contributed by atoms with Crippen LogP contribution in [0.1, 0.15) is 168 Å². The van der Waals surface area contributed by atoms with Crippen LogP contribution in [0.25, 0.3) is 0 Å². The third kappa shape index (κ3) is 23.8. The number of unbranched alkanes of at least 4 members (excludes halogenated alkanes) is 18. The lowest BCUT2D eigenvalue weighted by atomic mass is 9.98. The second kappa shape index (κ2) is 35.3. The Hall–Kier alpha value is -2.02. The molecule has 2 aliphatic heterocycles. The molecule has 2 heterocycles. The third-order valence-electron chi connectivity index (χ3n) is 11.4. The van der Waals surface area contributed by atoms with Gasteiger partial charge in [0.15, 0.2) is 18.7 Å². The normalized spacial score (nSPS) is 27.2. The molecule has 11 unspecified atom stereocenters. The van der Waals surface area contributed by atoms with Gasteiger partial charge < -0.3 is 64.2 Å². The molecule has 0 aromatic rings. The number of ether oxygens (including phenoxy) is 6. The topological polar surface area (TPSA) is 231 Å². The Morgan fingerprint density at radius 2 is 0.968 bits per heavy atom. The first kappa shape index (κ1) is 56.1. The molecule has 0 aliphatic carbocycles. The monoisotopic (exact) mass is 889 g/mol. The zero-order chi connectivity index (χ0) is 45.4. The second-order valence-corrected chi connectivity index (χ2v) is 16.9. The molecule has 7 N–H and O–H groups in total. The Labute approximate surface area is 371 Å². The van der Waals surface area contributed by atoms with Crippen molar-refractivity contribution in [3.63, 3.8) is 0 Å². The molecule has 2 aliphatic rings. The van der Waals surface area contributed by atoms with Crippen LogP contribution in [-0.2, 0) is 38.0 Å². The van der Waals surface area contributed by atoms with Gasteiger partial charge in [0.1, 0.15) is 55.4 Å². The zero-order valence-corrected chi connectivity index (χ0v) is 37.9. The highest BCUT2D eigenvalue weighted by Crippen LogP contribution is 2.26. The molecule has 62 heavy (non-hydrogen) atoms. The number of allylic oxidation sites excluding steroid dienone is 4. The van der Waals surface area contributed by atoms with E-state index < -0.39 is 92.7 Å². The van der Waals surface area contributed by atoms with Gasteiger partial charge in [0.2, 0.25) is 0 Å². The van der Waals surface area contributed by atoms with Gasteiger partial charge in [0.25, 0.3) is 0 Å². The number of aliphatic hydroxyl groups excluding tert-OH is 7. The van der Waals surface area contributed by atoms with E-state index in [1.807, 2.05) is 0 Å². The summed E-state index contributed by atoms with van der Waals surface area (Å²) in [5.41, 5.74) is 0. The molecule has 0 radical (unpaired) electrons. The second-order valence-electron chi connectivity index (χ2n) is 16.9. The van der Waals surface area contributed by atoms with Gasteiger partial charge in [-0.15, -0.1) is 0 Å². The van der Waals surface area contributed by atoms with Crippen molar-refractivity contribution < 1.29 is 73.8 Å². The van der Waals surface area contributed by atoms with E-state index in [1.54, 1.807) is 0 Å². The number of hydrogen-bond acceptors (Lipinski definition) is 15. The molecule has 2 rings (SSSR count). The Morgan fingerprint density at radius 3 is 1.52 bits per heavy atom. The molecule has 2 saturated heterocycles. The summed E-state index contributed by atoms with van der Waals surface area (Å²) in [4.78, 5) is 25.6. The molecule has 362 valence electrons. The van der Waals surface area contributed by atoms with E-state index in [0.717, 1.165) is 64.2 Å². The van der Waals surface area contributed by atoms with Crippen LogP contribution < -0.4 is 0 Å². The van der Waals surface area contributed by atoms with E-state index in [0.29, 0.717) is 12.8 Å². The molecule has 15 nitrogen and oxygen atoms in total. The number of esters is 2. The average molecular weight is 889 g/mol. The number of carbonyl (C=O) groups is 2. The number of rotatable bonds is 36. The molecule has 0 aromatic heterocycles. The van der Waals surface area contributed by atoms with Crippen LogP contribution in [0.3, 0.4) is 0 Å². The van der Waals surface area contributed by atoms with Crippen molar-refractivity contribution in [2.75, 3.05) is 26.4 Å². The maximum Gasteiger partial charge on any atom is 0.306 e. The number of aliphatic hydroxyl groups is 7. The Balaban J connectivity index is 1.84. The summed E-state index contributed by atoms with van der Waals surface area (Å²) in [7, 11) is 0. The predicted octanol–water partition coefficient (Wildman–Crippen LogP) is 5.60. The van der Waals surface area contributed by atoms with Crippen LogP contribution in [-0.4, -0.2) is 142 Å². The molecule has 0 spiro atoms. The molecule has 0 aromatic carbocycles. The largest absolute Gasteiger partial charge is 0.462 e. The first-order valence-electron chi connectivity index (χ1n) is 23.9. The summed E-state index contributed by atoms with van der Waals surface area (Å²) >= 11 is 0. The molecule has 0 bridgehead atoms. The standard InChI is InChI=1S/C47H84O15/c1-3-5-7-9-11-13-15-16-17-18-19-20-22-24-26-28-30-39(50)60-35(32-57-38(49)29-27-25-23-21-14-12-10-8-6-4-2)33-58-46-45(56)43(54)41(52)37(62-46)34-59-47-44(55)42(53)40(51)36(31-48)61-47/h13,15,17-18,35-37,40-48,51-56H,3-12,14,16,19-34H2,1-2H3/b15-13-,18-17-. The minimum Gasteiger partial charge on any atom is -0.462 e. The Morgan fingerprint density at radius 1 is 0.516 bits per heavy atom. The molecular weight excluding hydrogens is 805 g/mol. The van der Waals surface area contributed by atoms with E-state index in [4.69, 9.17) is 28.4 Å². The van der Waals surface area contributed by atoms with E-state index in [1.165, 1.54) is 64.2 Å². The van der Waals surface area contributed by atoms with Gasteiger partial charge in [0, 0.05) is 12.8 Å². The highest BCUT2D eigenvalue weighted by Gasteiger charge is 2.47. The van der Waals surface area contributed by atoms with Crippen molar-refractivity contribution in [1.29, 1.82) is 0 Å². The van der Waals surface area contributed by atoms with Crippen molar-refractivity contribution in [2.45, 2.75) is 235 Å². The van der Waals surface area contributed by atoms with Gasteiger partial charge in [-0.05, 0) is 44.9 Å². The average Bonchev–Trinajstić information content (AvgIpc) is 3.26. The van der Waals surface area contributed by atoms with Crippen LogP contribution in [0, 0.1) is 0 Å². The van der Waals surface area contributed by atoms with Gasteiger partial charge >= 0.3 is 11.9 Å². The molecule has 0 amide bonds. The Kier molecular flexibility index (Phi) is 31.9. The first-order chi connectivity index (χ1) is 30.0. The molecule has 2 fully saturated rings. The number of carbonyl (C=O) groups excluding carboxylic acids is 2. The maximum atomic E-state index is 12.9. The number of hydrogen-bond donors (Lipinski definition) is 7. The highest BCUT2D eigenvalue weighted by atomic mass is 16.7. The van der Waals surface area contributed by atoms with E-state index in [2.05, 4.69) is 38.2 Å². The minimum absolute atomic E-state index is 0.151. The zero-order valence-electron chi connectivity index (χ0n) is 37.9. The first-order valence-corrected chi connectivity index (χ1v) is 23.9. The van der Waals surface area contributed by atoms with Gasteiger partial charge in [-0.1, -0.05) is 134 Å². The van der Waals surface area contributed by atoms with Crippen molar-refractivity contribution in [2.24, 2.45) is 0 Å². The lowest BCUT2D eigenvalue weighted by Crippen LogP contribution is -2.61. The quantitative estimate of drug-likeness (QED) is 0.0231. The molecular formula is C47H84O15. The summed E-state index contributed by atoms with van der Waals surface area (Å²) in [6.07, 6.45) is 16.5.